The van der Waals surface area contributed by atoms with Crippen LogP contribution in [0.4, 0.5) is 0 Å². The predicted molar refractivity (Wildman–Crippen MR) is 138 cm³/mol. The third-order valence-corrected chi connectivity index (χ3v) is 7.29. The number of benzene rings is 2. The van der Waals surface area contributed by atoms with Crippen molar-refractivity contribution in [3.63, 3.8) is 0 Å². The van der Waals surface area contributed by atoms with E-state index in [0.29, 0.717) is 6.04 Å². The summed E-state index contributed by atoms with van der Waals surface area (Å²) >= 11 is 5.94. The number of thioether (sulfide) groups is 1. The van der Waals surface area contributed by atoms with Crippen LogP contribution in [0.5, 0.6) is 0 Å². The van der Waals surface area contributed by atoms with Gasteiger partial charge in [-0.3, -0.25) is 9.08 Å². The molecule has 2 aromatic rings. The number of unbranched alkanes of at least 4 members (excludes halogenated alkanes) is 1. The molecule has 1 aliphatic heterocycles. The molecule has 1 heterocycles. The summed E-state index contributed by atoms with van der Waals surface area (Å²) in [6.45, 7) is 6.28. The van der Waals surface area contributed by atoms with Crippen LogP contribution in [-0.2, 0) is 20.9 Å². The minimum absolute atomic E-state index is 0.0270. The van der Waals surface area contributed by atoms with Gasteiger partial charge in [0.25, 0.3) is 0 Å². The monoisotopic (exact) mass is 474 g/mol. The lowest BCUT2D eigenvalue weighted by Gasteiger charge is -2.29. The van der Waals surface area contributed by atoms with E-state index in [9.17, 15) is 4.79 Å². The largest absolute Gasteiger partial charge is 0.288 e. The van der Waals surface area contributed by atoms with Crippen LogP contribution in [0.3, 0.4) is 0 Å². The highest BCUT2D eigenvalue weighted by Crippen LogP contribution is 2.43. The van der Waals surface area contributed by atoms with Gasteiger partial charge in [0.05, 0.1) is 19.0 Å². The predicted octanol–water partition coefficient (Wildman–Crippen LogP) is 6.65. The third kappa shape index (κ3) is 6.46. The summed E-state index contributed by atoms with van der Waals surface area (Å²) in [6, 6.07) is 20.9. The molecule has 3 nitrogen and oxygen atoms in total. The fraction of sp³-hybridized carbons (Fsp3) is 0.481. The summed E-state index contributed by atoms with van der Waals surface area (Å²) in [5, 5.41) is 0.222. The van der Waals surface area contributed by atoms with Crippen LogP contribution >= 0.6 is 23.6 Å². The molecule has 0 amide bonds. The normalized spacial score (nSPS) is 20.1. The van der Waals surface area contributed by atoms with Crippen molar-refractivity contribution in [3.8, 4) is 0 Å². The lowest BCUT2D eigenvalue weighted by atomic mass is 9.68. The van der Waals surface area contributed by atoms with Gasteiger partial charge in [0, 0.05) is 25.5 Å². The minimum atomic E-state index is -0.0270. The Labute approximate surface area is 203 Å². The van der Waals surface area contributed by atoms with Crippen molar-refractivity contribution in [1.82, 2.24) is 0 Å². The molecule has 0 aliphatic carbocycles. The Morgan fingerprint density at radius 3 is 2.28 bits per heavy atom. The Balaban J connectivity index is 0.00000114. The Hall–Kier alpha value is -1.62. The standard InChI is InChI=1S/C26H34NOS.CH3ClO/c1-5-25-26(19-20(2)27(25)4,23-12-7-6-8-13-23)24-16-14-22(15-17-24)11-9-10-18-29-21(3)28;1-3-2/h6-8,12-17,20H,5,9-11,18-19H2,1-4H3;1H3/q+1;. The van der Waals surface area contributed by atoms with E-state index in [4.69, 9.17) is 0 Å². The summed E-state index contributed by atoms with van der Waals surface area (Å²) in [5.74, 6) is 0.934. The summed E-state index contributed by atoms with van der Waals surface area (Å²) in [7, 11) is 3.64. The van der Waals surface area contributed by atoms with Gasteiger partial charge in [-0.25, -0.2) is 4.58 Å². The zero-order chi connectivity index (χ0) is 23.6. The number of hydrogen-bond donors (Lipinski definition) is 0. The fourth-order valence-corrected chi connectivity index (χ4v) is 5.51. The Bertz CT molecular complexity index is 882. The molecule has 32 heavy (non-hydrogen) atoms. The lowest BCUT2D eigenvalue weighted by Crippen LogP contribution is -2.35. The highest BCUT2D eigenvalue weighted by molar-refractivity contribution is 8.13. The van der Waals surface area contributed by atoms with Crippen LogP contribution in [-0.4, -0.2) is 41.4 Å². The summed E-state index contributed by atoms with van der Waals surface area (Å²) in [4.78, 5) is 11.0. The first-order chi connectivity index (χ1) is 15.4. The van der Waals surface area contributed by atoms with Gasteiger partial charge in [-0.15, -0.1) is 0 Å². The van der Waals surface area contributed by atoms with Crippen LogP contribution in [0.25, 0.3) is 0 Å². The van der Waals surface area contributed by atoms with E-state index in [1.165, 1.54) is 41.3 Å². The molecule has 5 heteroatoms. The van der Waals surface area contributed by atoms with Crippen LogP contribution in [0.1, 0.15) is 63.1 Å². The molecule has 2 atom stereocenters. The van der Waals surface area contributed by atoms with Crippen molar-refractivity contribution < 1.29 is 13.7 Å². The molecule has 0 saturated carbocycles. The first-order valence-electron chi connectivity index (χ1n) is 11.4. The van der Waals surface area contributed by atoms with E-state index in [1.54, 1.807) is 6.92 Å². The van der Waals surface area contributed by atoms with Gasteiger partial charge in [-0.1, -0.05) is 73.3 Å². The van der Waals surface area contributed by atoms with E-state index >= 15 is 0 Å². The van der Waals surface area contributed by atoms with Crippen LogP contribution < -0.4 is 0 Å². The van der Waals surface area contributed by atoms with Crippen LogP contribution in [0.15, 0.2) is 54.6 Å². The molecule has 0 saturated heterocycles. The molecular formula is C27H37ClNO2S+. The second kappa shape index (κ2) is 13.2. The van der Waals surface area contributed by atoms with E-state index < -0.39 is 0 Å². The number of carbonyl (C=O) groups excluding carboxylic acids is 1. The van der Waals surface area contributed by atoms with Gasteiger partial charge in [0.15, 0.2) is 16.9 Å². The zero-order valence-electron chi connectivity index (χ0n) is 20.1. The highest BCUT2D eigenvalue weighted by atomic mass is 35.5. The average molecular weight is 475 g/mol. The average Bonchev–Trinajstić information content (AvgIpc) is 3.05. The molecule has 0 aromatic heterocycles. The first kappa shape index (κ1) is 26.6. The number of nitrogens with zero attached hydrogens (tertiary/aromatic N) is 1. The van der Waals surface area contributed by atoms with Crippen LogP contribution in [0.2, 0.25) is 0 Å². The van der Waals surface area contributed by atoms with Crippen molar-refractivity contribution in [1.29, 1.82) is 0 Å². The Morgan fingerprint density at radius 2 is 1.72 bits per heavy atom. The molecule has 174 valence electrons. The molecule has 2 unspecified atom stereocenters. The summed E-state index contributed by atoms with van der Waals surface area (Å²) < 4.78 is 6.22. The van der Waals surface area contributed by atoms with Crippen molar-refractivity contribution in [3.05, 3.63) is 71.3 Å². The van der Waals surface area contributed by atoms with Gasteiger partial charge in [-0.05, 0) is 42.9 Å². The summed E-state index contributed by atoms with van der Waals surface area (Å²) in [6.07, 6.45) is 5.49. The number of rotatable bonds is 8. The van der Waals surface area contributed by atoms with Gasteiger partial charge in [0.2, 0.25) is 0 Å². The SMILES string of the molecule is CCC1=[N+](C)C(C)CC1(c1ccccc1)c1ccc(CCCCSC(C)=O)cc1.COCl. The van der Waals surface area contributed by atoms with E-state index in [2.05, 4.69) is 96.2 Å². The maximum absolute atomic E-state index is 11.0. The molecule has 2 aromatic carbocycles. The van der Waals surface area contributed by atoms with Crippen molar-refractivity contribution in [2.75, 3.05) is 19.9 Å². The number of aryl methyl sites for hydroxylation is 1. The number of hydrogen-bond acceptors (Lipinski definition) is 3. The lowest BCUT2D eigenvalue weighted by molar-refractivity contribution is -0.526. The van der Waals surface area contributed by atoms with Crippen molar-refractivity contribution >= 4 is 34.5 Å². The first-order valence-corrected chi connectivity index (χ1v) is 12.7. The molecule has 0 spiro atoms. The van der Waals surface area contributed by atoms with Gasteiger partial charge in [-0.2, -0.15) is 0 Å². The number of carbonyl (C=O) groups is 1. The smallest absolute Gasteiger partial charge is 0.185 e. The molecular weight excluding hydrogens is 438 g/mol. The maximum Gasteiger partial charge on any atom is 0.185 e. The second-order valence-electron chi connectivity index (χ2n) is 8.38. The fourth-order valence-electron chi connectivity index (χ4n) is 4.88. The minimum Gasteiger partial charge on any atom is -0.288 e. The Kier molecular flexibility index (Phi) is 11.0. The molecule has 0 bridgehead atoms. The summed E-state index contributed by atoms with van der Waals surface area (Å²) in [5.41, 5.74) is 5.70. The topological polar surface area (TPSA) is 29.3 Å². The number of halogens is 1. The maximum atomic E-state index is 11.0. The molecule has 0 radical (unpaired) electrons. The van der Waals surface area contributed by atoms with Crippen molar-refractivity contribution in [2.45, 2.75) is 64.3 Å². The van der Waals surface area contributed by atoms with Gasteiger partial charge < -0.3 is 0 Å². The Morgan fingerprint density at radius 1 is 1.12 bits per heavy atom. The van der Waals surface area contributed by atoms with Crippen LogP contribution in [0, 0.1) is 0 Å². The third-order valence-electron chi connectivity index (χ3n) is 6.39. The molecule has 0 N–H and O–H groups in total. The van der Waals surface area contributed by atoms with Gasteiger partial charge in [0.1, 0.15) is 12.5 Å². The van der Waals surface area contributed by atoms with E-state index in [0.717, 1.165) is 37.9 Å². The van der Waals surface area contributed by atoms with Gasteiger partial charge >= 0.3 is 0 Å². The molecule has 1 aliphatic rings. The molecule has 0 fully saturated rings. The second-order valence-corrected chi connectivity index (χ2v) is 9.96. The zero-order valence-corrected chi connectivity index (χ0v) is 21.6. The van der Waals surface area contributed by atoms with E-state index in [1.807, 2.05) is 0 Å². The van der Waals surface area contributed by atoms with E-state index in [-0.39, 0.29) is 10.5 Å². The highest BCUT2D eigenvalue weighted by Gasteiger charge is 2.51. The molecule has 3 rings (SSSR count). The van der Waals surface area contributed by atoms with Crippen molar-refractivity contribution in [2.24, 2.45) is 0 Å². The quantitative estimate of drug-likeness (QED) is 0.317.